The van der Waals surface area contributed by atoms with Crippen molar-refractivity contribution in [2.45, 2.75) is 19.9 Å². The zero-order chi connectivity index (χ0) is 27.8. The largest absolute Gasteiger partial charge is 0.352 e. The molecule has 1 aliphatic heterocycles. The molecule has 1 amide bonds. The van der Waals surface area contributed by atoms with Crippen LogP contribution in [-0.4, -0.2) is 61.0 Å². The third-order valence-electron chi connectivity index (χ3n) is 7.25. The van der Waals surface area contributed by atoms with E-state index in [1.807, 2.05) is 30.9 Å². The fourth-order valence-electron chi connectivity index (χ4n) is 5.26. The van der Waals surface area contributed by atoms with E-state index in [1.165, 1.54) is 12.4 Å². The molecule has 5 heterocycles. The molecule has 1 atom stereocenters. The first-order chi connectivity index (χ1) is 19.5. The summed E-state index contributed by atoms with van der Waals surface area (Å²) in [6.07, 6.45) is 6.46. The second-order valence-corrected chi connectivity index (χ2v) is 9.77. The molecule has 40 heavy (non-hydrogen) atoms. The summed E-state index contributed by atoms with van der Waals surface area (Å²) in [5, 5.41) is 10.1. The van der Waals surface area contributed by atoms with Crippen molar-refractivity contribution in [1.29, 1.82) is 5.26 Å². The monoisotopic (exact) mass is 532 g/mol. The summed E-state index contributed by atoms with van der Waals surface area (Å²) in [7, 11) is 0. The number of carbonyl (C=O) groups is 1. The number of rotatable bonds is 4. The summed E-state index contributed by atoms with van der Waals surface area (Å²) in [4.78, 5) is 35.2. The predicted octanol–water partition coefficient (Wildman–Crippen LogP) is 4.55. The van der Waals surface area contributed by atoms with Crippen molar-refractivity contribution in [1.82, 2.24) is 29.4 Å². The van der Waals surface area contributed by atoms with Crippen molar-refractivity contribution >= 4 is 22.8 Å². The second kappa shape index (κ2) is 10.2. The lowest BCUT2D eigenvalue weighted by atomic mass is 10.0. The molecule has 1 unspecified atom stereocenters. The molecular formula is C30H25FN8O. The van der Waals surface area contributed by atoms with E-state index in [0.29, 0.717) is 64.7 Å². The smallest absolute Gasteiger partial charge is 0.273 e. The number of fused-ring (bicyclic) bond motifs is 1. The summed E-state index contributed by atoms with van der Waals surface area (Å²) >= 11 is 0. The number of pyridine rings is 2. The van der Waals surface area contributed by atoms with Crippen LogP contribution in [0.5, 0.6) is 0 Å². The lowest BCUT2D eigenvalue weighted by molar-refractivity contribution is 0.0667. The van der Waals surface area contributed by atoms with Crippen LogP contribution in [0.1, 0.15) is 28.5 Å². The highest BCUT2D eigenvalue weighted by Gasteiger charge is 2.32. The standard InChI is InChI=1S/C30H25FN8O/c1-19-6-5-10-34-27(19)30(40)38-13-12-37(16-20(38)2)28-26-23(22-7-3-4-8-24(22)31)17-39(29(26)36-18-35-28)25-14-21(15-32)9-11-33-25/h3-11,14,17-18,20H,12-13,16H2,1-2H3. The molecule has 0 aliphatic carbocycles. The number of anilines is 1. The highest BCUT2D eigenvalue weighted by molar-refractivity contribution is 6.02. The minimum atomic E-state index is -0.371. The molecule has 0 saturated carbocycles. The number of hydrogen-bond acceptors (Lipinski definition) is 7. The molecule has 5 aromatic rings. The van der Waals surface area contributed by atoms with E-state index in [4.69, 9.17) is 0 Å². The first kappa shape index (κ1) is 25.1. The second-order valence-electron chi connectivity index (χ2n) is 9.77. The zero-order valence-corrected chi connectivity index (χ0v) is 22.0. The van der Waals surface area contributed by atoms with E-state index in [0.717, 1.165) is 5.56 Å². The molecule has 0 N–H and O–H groups in total. The molecular weight excluding hydrogens is 507 g/mol. The van der Waals surface area contributed by atoms with E-state index < -0.39 is 0 Å². The van der Waals surface area contributed by atoms with Crippen molar-refractivity contribution in [2.24, 2.45) is 0 Å². The summed E-state index contributed by atoms with van der Waals surface area (Å²) < 4.78 is 16.9. The maximum atomic E-state index is 15.1. The molecule has 1 fully saturated rings. The summed E-state index contributed by atoms with van der Waals surface area (Å²) in [5.74, 6) is 0.668. The van der Waals surface area contributed by atoms with Gasteiger partial charge < -0.3 is 9.80 Å². The molecule has 1 aliphatic rings. The van der Waals surface area contributed by atoms with Crippen LogP contribution >= 0.6 is 0 Å². The Hall–Kier alpha value is -5.17. The van der Waals surface area contributed by atoms with Gasteiger partial charge in [-0.15, -0.1) is 0 Å². The quantitative estimate of drug-likeness (QED) is 0.335. The van der Waals surface area contributed by atoms with E-state index in [2.05, 4.69) is 30.9 Å². The van der Waals surface area contributed by atoms with E-state index in [1.54, 1.807) is 53.5 Å². The number of aryl methyl sites for hydroxylation is 1. The number of piperazine rings is 1. The molecule has 1 saturated heterocycles. The van der Waals surface area contributed by atoms with Crippen molar-refractivity contribution in [3.05, 3.63) is 96.1 Å². The van der Waals surface area contributed by atoms with Gasteiger partial charge in [0.25, 0.3) is 5.91 Å². The number of hydrogen-bond donors (Lipinski definition) is 0. The van der Waals surface area contributed by atoms with Crippen LogP contribution in [-0.2, 0) is 0 Å². The van der Waals surface area contributed by atoms with Gasteiger partial charge in [0.1, 0.15) is 29.5 Å². The lowest BCUT2D eigenvalue weighted by Gasteiger charge is -2.40. The molecule has 9 nitrogen and oxygen atoms in total. The van der Waals surface area contributed by atoms with Gasteiger partial charge >= 0.3 is 0 Å². The van der Waals surface area contributed by atoms with Crippen molar-refractivity contribution < 1.29 is 9.18 Å². The lowest BCUT2D eigenvalue weighted by Crippen LogP contribution is -2.54. The minimum absolute atomic E-state index is 0.0975. The third-order valence-corrected chi connectivity index (χ3v) is 7.25. The Morgan fingerprint density at radius 1 is 1.02 bits per heavy atom. The Bertz CT molecular complexity index is 1790. The number of carbonyl (C=O) groups excluding carboxylic acids is 1. The van der Waals surface area contributed by atoms with Gasteiger partial charge in [-0.25, -0.2) is 19.3 Å². The SMILES string of the molecule is Cc1cccnc1C(=O)N1CCN(c2ncnc3c2c(-c2ccccc2F)cn3-c2cc(C#N)ccn2)CC1C. The van der Waals surface area contributed by atoms with Gasteiger partial charge in [0.2, 0.25) is 0 Å². The van der Waals surface area contributed by atoms with Gasteiger partial charge in [-0.3, -0.25) is 14.3 Å². The van der Waals surface area contributed by atoms with Crippen molar-refractivity contribution in [3.63, 3.8) is 0 Å². The summed E-state index contributed by atoms with van der Waals surface area (Å²) in [6, 6.07) is 15.6. The normalized spacial score (nSPS) is 15.3. The summed E-state index contributed by atoms with van der Waals surface area (Å²) in [5.41, 5.74) is 3.31. The average molecular weight is 533 g/mol. The fraction of sp³-hybridized carbons (Fsp3) is 0.200. The van der Waals surface area contributed by atoms with Crippen LogP contribution in [0.4, 0.5) is 10.2 Å². The number of nitriles is 1. The summed E-state index contributed by atoms with van der Waals surface area (Å²) in [6.45, 7) is 5.41. The van der Waals surface area contributed by atoms with Crippen LogP contribution in [0.25, 0.3) is 28.0 Å². The van der Waals surface area contributed by atoms with Gasteiger partial charge in [-0.2, -0.15) is 5.26 Å². The van der Waals surface area contributed by atoms with Crippen molar-refractivity contribution in [3.8, 4) is 23.0 Å². The number of amides is 1. The third kappa shape index (κ3) is 4.31. The first-order valence-electron chi connectivity index (χ1n) is 12.9. The van der Waals surface area contributed by atoms with E-state index in [9.17, 15) is 10.1 Å². The minimum Gasteiger partial charge on any atom is -0.352 e. The van der Waals surface area contributed by atoms with Gasteiger partial charge in [-0.1, -0.05) is 24.3 Å². The Morgan fingerprint density at radius 2 is 1.88 bits per heavy atom. The molecule has 0 spiro atoms. The van der Waals surface area contributed by atoms with Crippen LogP contribution in [0, 0.1) is 24.1 Å². The number of halogens is 1. The fourth-order valence-corrected chi connectivity index (χ4v) is 5.26. The predicted molar refractivity (Wildman–Crippen MR) is 148 cm³/mol. The molecule has 4 aromatic heterocycles. The molecule has 0 bridgehead atoms. The average Bonchev–Trinajstić information content (AvgIpc) is 3.37. The number of benzene rings is 1. The van der Waals surface area contributed by atoms with E-state index in [-0.39, 0.29) is 17.8 Å². The maximum absolute atomic E-state index is 15.1. The highest BCUT2D eigenvalue weighted by Crippen LogP contribution is 2.38. The molecule has 1 aromatic carbocycles. The maximum Gasteiger partial charge on any atom is 0.273 e. The van der Waals surface area contributed by atoms with Gasteiger partial charge in [0.05, 0.1) is 17.0 Å². The highest BCUT2D eigenvalue weighted by atomic mass is 19.1. The Balaban J connectivity index is 1.44. The zero-order valence-electron chi connectivity index (χ0n) is 22.0. The number of aromatic nitrogens is 5. The molecule has 10 heteroatoms. The van der Waals surface area contributed by atoms with Crippen LogP contribution in [0.2, 0.25) is 0 Å². The number of nitrogens with zero attached hydrogens (tertiary/aromatic N) is 8. The Labute approximate surface area is 230 Å². The molecule has 0 radical (unpaired) electrons. The molecule has 198 valence electrons. The van der Waals surface area contributed by atoms with Crippen LogP contribution < -0.4 is 4.90 Å². The Morgan fingerprint density at radius 3 is 2.65 bits per heavy atom. The van der Waals surface area contributed by atoms with E-state index >= 15 is 4.39 Å². The van der Waals surface area contributed by atoms with Crippen molar-refractivity contribution in [2.75, 3.05) is 24.5 Å². The molecule has 6 rings (SSSR count). The van der Waals surface area contributed by atoms with Gasteiger partial charge in [-0.05, 0) is 43.7 Å². The first-order valence-corrected chi connectivity index (χ1v) is 12.9. The van der Waals surface area contributed by atoms with Gasteiger partial charge in [0, 0.05) is 55.4 Å². The topological polar surface area (TPSA) is 104 Å². The Kier molecular flexibility index (Phi) is 6.40. The van der Waals surface area contributed by atoms with Gasteiger partial charge in [0.15, 0.2) is 5.65 Å². The van der Waals surface area contributed by atoms with Crippen LogP contribution in [0.3, 0.4) is 0 Å². The van der Waals surface area contributed by atoms with Crippen LogP contribution in [0.15, 0.2) is 73.4 Å².